The Kier molecular flexibility index (Phi) is 6.02. The van der Waals surface area contributed by atoms with Gasteiger partial charge in [0.2, 0.25) is 0 Å². The number of nitrogens with two attached hydrogens (primary N) is 1. The van der Waals surface area contributed by atoms with E-state index in [2.05, 4.69) is 47.7 Å². The molecule has 1 aromatic rings. The molecule has 1 rings (SSSR count). The molecule has 0 fully saturated rings. The third kappa shape index (κ3) is 4.67. The van der Waals surface area contributed by atoms with E-state index in [-0.39, 0.29) is 11.9 Å². The summed E-state index contributed by atoms with van der Waals surface area (Å²) in [6.07, 6.45) is 4.88. The topological polar surface area (TPSA) is 70.9 Å². The molecule has 0 aromatic carbocycles. The number of hydrogen-bond acceptors (Lipinski definition) is 3. The van der Waals surface area contributed by atoms with E-state index in [1.54, 1.807) is 0 Å². The van der Waals surface area contributed by atoms with Crippen molar-refractivity contribution < 1.29 is 0 Å². The van der Waals surface area contributed by atoms with Crippen molar-refractivity contribution in [2.75, 3.05) is 7.05 Å². The first-order chi connectivity index (χ1) is 8.97. The molecule has 3 N–H and O–H groups in total. The van der Waals surface area contributed by atoms with E-state index in [4.69, 9.17) is 11.1 Å². The van der Waals surface area contributed by atoms with Crippen LogP contribution in [0.4, 0.5) is 0 Å². The van der Waals surface area contributed by atoms with Crippen molar-refractivity contribution in [2.24, 2.45) is 5.73 Å². The SMILES string of the molecule is CCC(CC)n1ccc(CN(C)C(C)CC(=N)N)n1. The van der Waals surface area contributed by atoms with Gasteiger partial charge in [0.15, 0.2) is 0 Å². The molecule has 0 aliphatic rings. The lowest BCUT2D eigenvalue weighted by Gasteiger charge is -2.23. The highest BCUT2D eigenvalue weighted by atomic mass is 15.3. The maximum Gasteiger partial charge on any atom is 0.0920 e. The number of aromatic nitrogens is 2. The van der Waals surface area contributed by atoms with Gasteiger partial charge in [-0.15, -0.1) is 0 Å². The second-order valence-electron chi connectivity index (χ2n) is 5.25. The van der Waals surface area contributed by atoms with E-state index in [0.29, 0.717) is 12.5 Å². The Balaban J connectivity index is 2.60. The van der Waals surface area contributed by atoms with E-state index in [1.807, 2.05) is 7.05 Å². The number of hydrogen-bond donors (Lipinski definition) is 2. The minimum absolute atomic E-state index is 0.238. The fourth-order valence-electron chi connectivity index (χ4n) is 2.21. The molecule has 0 radical (unpaired) electrons. The van der Waals surface area contributed by atoms with Crippen molar-refractivity contribution in [2.45, 2.75) is 58.7 Å². The first kappa shape index (κ1) is 15.7. The molecule has 0 amide bonds. The van der Waals surface area contributed by atoms with Crippen molar-refractivity contribution in [3.05, 3.63) is 18.0 Å². The predicted octanol–water partition coefficient (Wildman–Crippen LogP) is 2.39. The van der Waals surface area contributed by atoms with E-state index in [0.717, 1.165) is 25.1 Å². The van der Waals surface area contributed by atoms with Crippen molar-refractivity contribution in [1.29, 1.82) is 5.41 Å². The van der Waals surface area contributed by atoms with E-state index < -0.39 is 0 Å². The minimum Gasteiger partial charge on any atom is -0.388 e. The second-order valence-corrected chi connectivity index (χ2v) is 5.25. The standard InChI is InChI=1S/C14H27N5/c1-5-13(6-2)19-8-7-12(17-19)10-18(4)11(3)9-14(15)16/h7-8,11,13H,5-6,9-10H2,1-4H3,(H3,15,16). The molecule has 1 aromatic heterocycles. The van der Waals surface area contributed by atoms with Gasteiger partial charge in [0, 0.05) is 25.2 Å². The van der Waals surface area contributed by atoms with Gasteiger partial charge in [-0.1, -0.05) is 13.8 Å². The number of amidine groups is 1. The quantitative estimate of drug-likeness (QED) is 0.560. The average molecular weight is 265 g/mol. The van der Waals surface area contributed by atoms with Gasteiger partial charge in [-0.3, -0.25) is 15.0 Å². The van der Waals surface area contributed by atoms with Crippen LogP contribution in [0.15, 0.2) is 12.3 Å². The van der Waals surface area contributed by atoms with E-state index >= 15 is 0 Å². The molecule has 0 saturated heterocycles. The van der Waals surface area contributed by atoms with Crippen LogP contribution in [-0.4, -0.2) is 33.6 Å². The van der Waals surface area contributed by atoms with Gasteiger partial charge in [-0.2, -0.15) is 5.10 Å². The average Bonchev–Trinajstić information content (AvgIpc) is 2.78. The zero-order valence-electron chi connectivity index (χ0n) is 12.6. The summed E-state index contributed by atoms with van der Waals surface area (Å²) in [5, 5.41) is 12.0. The van der Waals surface area contributed by atoms with Crippen LogP contribution in [0, 0.1) is 5.41 Å². The maximum atomic E-state index is 7.34. The van der Waals surface area contributed by atoms with Crippen LogP contribution in [0.25, 0.3) is 0 Å². The molecule has 0 bridgehead atoms. The van der Waals surface area contributed by atoms with Gasteiger partial charge in [0.05, 0.1) is 17.6 Å². The monoisotopic (exact) mass is 265 g/mol. The molecule has 1 unspecified atom stereocenters. The molecule has 0 spiro atoms. The summed E-state index contributed by atoms with van der Waals surface area (Å²) in [5.74, 6) is 0.238. The second kappa shape index (κ2) is 7.28. The van der Waals surface area contributed by atoms with Crippen molar-refractivity contribution >= 4 is 5.84 Å². The lowest BCUT2D eigenvalue weighted by Crippen LogP contribution is -2.32. The van der Waals surface area contributed by atoms with Gasteiger partial charge in [-0.25, -0.2) is 0 Å². The molecule has 19 heavy (non-hydrogen) atoms. The molecule has 0 aliphatic carbocycles. The number of rotatable bonds is 8. The summed E-state index contributed by atoms with van der Waals surface area (Å²) >= 11 is 0. The molecule has 108 valence electrons. The summed E-state index contributed by atoms with van der Waals surface area (Å²) in [6.45, 7) is 7.26. The number of nitrogens with zero attached hydrogens (tertiary/aromatic N) is 3. The Labute approximate surface area is 116 Å². The zero-order valence-corrected chi connectivity index (χ0v) is 12.6. The molecular weight excluding hydrogens is 238 g/mol. The van der Waals surface area contributed by atoms with Gasteiger partial charge >= 0.3 is 0 Å². The fourth-order valence-corrected chi connectivity index (χ4v) is 2.21. The molecule has 0 saturated carbocycles. The van der Waals surface area contributed by atoms with Crippen LogP contribution in [0.5, 0.6) is 0 Å². The first-order valence-corrected chi connectivity index (χ1v) is 7.05. The van der Waals surface area contributed by atoms with Crippen LogP contribution in [-0.2, 0) is 6.54 Å². The summed E-state index contributed by atoms with van der Waals surface area (Å²) in [5.41, 5.74) is 6.52. The third-order valence-corrected chi connectivity index (χ3v) is 3.66. The van der Waals surface area contributed by atoms with Crippen LogP contribution in [0.3, 0.4) is 0 Å². The van der Waals surface area contributed by atoms with Crippen molar-refractivity contribution in [3.63, 3.8) is 0 Å². The molecule has 1 atom stereocenters. The Morgan fingerprint density at radius 3 is 2.63 bits per heavy atom. The summed E-state index contributed by atoms with van der Waals surface area (Å²) in [4.78, 5) is 2.18. The number of nitrogens with one attached hydrogen (secondary N) is 1. The fraction of sp³-hybridized carbons (Fsp3) is 0.714. The van der Waals surface area contributed by atoms with Gasteiger partial charge < -0.3 is 5.73 Å². The van der Waals surface area contributed by atoms with Crippen LogP contribution >= 0.6 is 0 Å². The van der Waals surface area contributed by atoms with E-state index in [9.17, 15) is 0 Å². The van der Waals surface area contributed by atoms with E-state index in [1.165, 1.54) is 0 Å². The minimum atomic E-state index is 0.238. The highest BCUT2D eigenvalue weighted by Crippen LogP contribution is 2.15. The first-order valence-electron chi connectivity index (χ1n) is 7.05. The molecule has 5 heteroatoms. The normalized spacial score (nSPS) is 13.2. The van der Waals surface area contributed by atoms with Crippen molar-refractivity contribution in [1.82, 2.24) is 14.7 Å². The zero-order chi connectivity index (χ0) is 14.4. The van der Waals surface area contributed by atoms with Gasteiger partial charge in [-0.05, 0) is 32.9 Å². The van der Waals surface area contributed by atoms with Crippen molar-refractivity contribution in [3.8, 4) is 0 Å². The molecule has 5 nitrogen and oxygen atoms in total. The molecule has 1 heterocycles. The largest absolute Gasteiger partial charge is 0.388 e. The predicted molar refractivity (Wildman–Crippen MR) is 79.3 cm³/mol. The highest BCUT2D eigenvalue weighted by molar-refractivity contribution is 5.77. The Morgan fingerprint density at radius 1 is 1.47 bits per heavy atom. The highest BCUT2D eigenvalue weighted by Gasteiger charge is 2.13. The van der Waals surface area contributed by atoms with Crippen LogP contribution < -0.4 is 5.73 Å². The maximum absolute atomic E-state index is 7.34. The Hall–Kier alpha value is -1.36. The van der Waals surface area contributed by atoms with Crippen LogP contribution in [0.1, 0.15) is 51.8 Å². The molecular formula is C14H27N5. The summed E-state index contributed by atoms with van der Waals surface area (Å²) in [6, 6.07) is 2.83. The molecule has 0 aliphatic heterocycles. The third-order valence-electron chi connectivity index (χ3n) is 3.66. The summed E-state index contributed by atoms with van der Waals surface area (Å²) < 4.78 is 2.07. The van der Waals surface area contributed by atoms with Crippen LogP contribution in [0.2, 0.25) is 0 Å². The van der Waals surface area contributed by atoms with Gasteiger partial charge in [0.25, 0.3) is 0 Å². The van der Waals surface area contributed by atoms with Gasteiger partial charge in [0.1, 0.15) is 0 Å². The summed E-state index contributed by atoms with van der Waals surface area (Å²) in [7, 11) is 2.05. The lowest BCUT2D eigenvalue weighted by molar-refractivity contribution is 0.250. The Bertz CT molecular complexity index is 394. The lowest BCUT2D eigenvalue weighted by atomic mass is 10.2. The smallest absolute Gasteiger partial charge is 0.0920 e. The Morgan fingerprint density at radius 2 is 2.11 bits per heavy atom.